The lowest BCUT2D eigenvalue weighted by Crippen LogP contribution is -2.31. The zero-order chi connectivity index (χ0) is 22.8. The van der Waals surface area contributed by atoms with Crippen molar-refractivity contribution in [3.63, 3.8) is 0 Å². The maximum absolute atomic E-state index is 13.1. The van der Waals surface area contributed by atoms with E-state index in [0.717, 1.165) is 28.2 Å². The summed E-state index contributed by atoms with van der Waals surface area (Å²) in [4.78, 5) is 15.3. The quantitative estimate of drug-likeness (QED) is 0.496. The molecule has 168 valence electrons. The number of para-hydroxylation sites is 2. The first kappa shape index (κ1) is 21.1. The summed E-state index contributed by atoms with van der Waals surface area (Å²) in [6, 6.07) is 19.2. The zero-order valence-electron chi connectivity index (χ0n) is 18.7. The molecule has 6 heteroatoms. The maximum Gasteiger partial charge on any atom is 0.231 e. The van der Waals surface area contributed by atoms with Crippen molar-refractivity contribution in [2.75, 3.05) is 20.4 Å². The topological polar surface area (TPSA) is 57.2 Å². The molecule has 3 aromatic carbocycles. The molecule has 33 heavy (non-hydrogen) atoms. The standard InChI is InChI=1S/C27H25NO5/c1-3-31-23-11-7-4-8-18(23)14-25-26(29)20-12-13-24-21(27(20)33-25)16-28(17-32-24)15-19-9-5-6-10-22(19)30-2/h4-14H,3,15-17H2,1-2H3/b25-14-. The van der Waals surface area contributed by atoms with Crippen LogP contribution in [0.4, 0.5) is 0 Å². The van der Waals surface area contributed by atoms with Gasteiger partial charge < -0.3 is 18.9 Å². The molecule has 3 aromatic rings. The number of methoxy groups -OCH3 is 1. The SMILES string of the molecule is CCOc1ccccc1/C=C1\Oc2c(ccc3c2CN(Cc2ccccc2OC)CO3)C1=O. The molecule has 0 saturated carbocycles. The Bertz CT molecular complexity index is 1230. The molecule has 0 saturated heterocycles. The van der Waals surface area contributed by atoms with Gasteiger partial charge in [0.1, 0.15) is 29.7 Å². The molecule has 0 aliphatic carbocycles. The number of carbonyl (C=O) groups is 1. The molecule has 0 radical (unpaired) electrons. The van der Waals surface area contributed by atoms with Gasteiger partial charge in [0, 0.05) is 24.2 Å². The predicted octanol–water partition coefficient (Wildman–Crippen LogP) is 5.06. The van der Waals surface area contributed by atoms with Crippen molar-refractivity contribution in [2.24, 2.45) is 0 Å². The summed E-state index contributed by atoms with van der Waals surface area (Å²) in [5.74, 6) is 3.02. The molecule has 2 heterocycles. The van der Waals surface area contributed by atoms with Gasteiger partial charge in [0.2, 0.25) is 5.78 Å². The normalized spacial score (nSPS) is 16.1. The highest BCUT2D eigenvalue weighted by atomic mass is 16.5. The molecule has 5 rings (SSSR count). The van der Waals surface area contributed by atoms with Crippen LogP contribution in [0.15, 0.2) is 66.4 Å². The number of carbonyl (C=O) groups excluding carboxylic acids is 1. The molecule has 0 bridgehead atoms. The van der Waals surface area contributed by atoms with E-state index in [-0.39, 0.29) is 11.5 Å². The van der Waals surface area contributed by atoms with E-state index in [0.29, 0.717) is 43.5 Å². The third-order valence-electron chi connectivity index (χ3n) is 5.77. The first-order valence-electron chi connectivity index (χ1n) is 11.0. The van der Waals surface area contributed by atoms with Crippen LogP contribution in [0.25, 0.3) is 6.08 Å². The average molecular weight is 443 g/mol. The van der Waals surface area contributed by atoms with Crippen LogP contribution < -0.4 is 18.9 Å². The Kier molecular flexibility index (Phi) is 5.75. The van der Waals surface area contributed by atoms with Gasteiger partial charge in [0.05, 0.1) is 24.8 Å². The van der Waals surface area contributed by atoms with Crippen LogP contribution in [0.2, 0.25) is 0 Å². The molecule has 0 amide bonds. The Morgan fingerprint density at radius 1 is 1.03 bits per heavy atom. The number of ether oxygens (including phenoxy) is 4. The first-order valence-corrected chi connectivity index (χ1v) is 11.0. The van der Waals surface area contributed by atoms with E-state index in [9.17, 15) is 4.79 Å². The number of Topliss-reactive ketones (excluding diaryl/α,β-unsaturated/α-hetero) is 1. The monoisotopic (exact) mass is 443 g/mol. The number of hydrogen-bond donors (Lipinski definition) is 0. The number of allylic oxidation sites excluding steroid dienone is 1. The molecule has 2 aliphatic rings. The molecular formula is C27H25NO5. The van der Waals surface area contributed by atoms with Crippen LogP contribution in [0, 0.1) is 0 Å². The minimum absolute atomic E-state index is 0.138. The number of rotatable bonds is 6. The van der Waals surface area contributed by atoms with Crippen molar-refractivity contribution < 1.29 is 23.7 Å². The molecule has 2 aliphatic heterocycles. The van der Waals surface area contributed by atoms with Gasteiger partial charge in [-0.1, -0.05) is 36.4 Å². The fourth-order valence-electron chi connectivity index (χ4n) is 4.21. The average Bonchev–Trinajstić information content (AvgIpc) is 3.16. The third-order valence-corrected chi connectivity index (χ3v) is 5.77. The van der Waals surface area contributed by atoms with Crippen molar-refractivity contribution >= 4 is 11.9 Å². The van der Waals surface area contributed by atoms with Crippen LogP contribution in [-0.4, -0.2) is 31.1 Å². The lowest BCUT2D eigenvalue weighted by molar-refractivity contribution is 0.0865. The Morgan fingerprint density at radius 3 is 2.64 bits per heavy atom. The van der Waals surface area contributed by atoms with Crippen LogP contribution >= 0.6 is 0 Å². The van der Waals surface area contributed by atoms with Crippen molar-refractivity contribution in [1.82, 2.24) is 4.90 Å². The molecule has 0 fully saturated rings. The fraction of sp³-hybridized carbons (Fsp3) is 0.222. The summed E-state index contributed by atoms with van der Waals surface area (Å²) in [5.41, 5.74) is 3.31. The molecule has 0 N–H and O–H groups in total. The summed E-state index contributed by atoms with van der Waals surface area (Å²) < 4.78 is 23.3. The van der Waals surface area contributed by atoms with Gasteiger partial charge in [-0.3, -0.25) is 9.69 Å². The Labute approximate surface area is 193 Å². The fourth-order valence-corrected chi connectivity index (χ4v) is 4.21. The van der Waals surface area contributed by atoms with E-state index in [1.54, 1.807) is 19.3 Å². The highest BCUT2D eigenvalue weighted by Crippen LogP contribution is 2.42. The Morgan fingerprint density at radius 2 is 1.82 bits per heavy atom. The third kappa shape index (κ3) is 4.05. The van der Waals surface area contributed by atoms with Crippen molar-refractivity contribution in [3.05, 3.63) is 88.7 Å². The van der Waals surface area contributed by atoms with Gasteiger partial charge in [0.15, 0.2) is 5.76 Å². The van der Waals surface area contributed by atoms with E-state index in [4.69, 9.17) is 18.9 Å². The highest BCUT2D eigenvalue weighted by molar-refractivity contribution is 6.15. The van der Waals surface area contributed by atoms with E-state index in [1.165, 1.54) is 0 Å². The summed E-state index contributed by atoms with van der Waals surface area (Å²) in [6.07, 6.45) is 1.75. The number of benzene rings is 3. The number of fused-ring (bicyclic) bond motifs is 3. The van der Waals surface area contributed by atoms with Crippen LogP contribution in [0.3, 0.4) is 0 Å². The smallest absolute Gasteiger partial charge is 0.231 e. The summed E-state index contributed by atoms with van der Waals surface area (Å²) in [7, 11) is 1.67. The second-order valence-electron chi connectivity index (χ2n) is 7.90. The number of nitrogens with zero attached hydrogens (tertiary/aromatic N) is 1. The van der Waals surface area contributed by atoms with E-state index < -0.39 is 0 Å². The summed E-state index contributed by atoms with van der Waals surface area (Å²) in [5, 5.41) is 0. The highest BCUT2D eigenvalue weighted by Gasteiger charge is 2.34. The Hall–Kier alpha value is -3.77. The first-order chi connectivity index (χ1) is 16.2. The summed E-state index contributed by atoms with van der Waals surface area (Å²) in [6.45, 7) is 4.18. The number of hydrogen-bond acceptors (Lipinski definition) is 6. The molecular weight excluding hydrogens is 418 g/mol. The molecule has 0 aromatic heterocycles. The molecule has 0 unspecified atom stereocenters. The number of ketones is 1. The maximum atomic E-state index is 13.1. The van der Waals surface area contributed by atoms with Crippen molar-refractivity contribution in [2.45, 2.75) is 20.0 Å². The van der Waals surface area contributed by atoms with Gasteiger partial charge in [-0.05, 0) is 37.3 Å². The van der Waals surface area contributed by atoms with E-state index in [1.807, 2.05) is 61.5 Å². The minimum atomic E-state index is -0.138. The lowest BCUT2D eigenvalue weighted by atomic mass is 10.0. The molecule has 6 nitrogen and oxygen atoms in total. The van der Waals surface area contributed by atoms with Gasteiger partial charge >= 0.3 is 0 Å². The van der Waals surface area contributed by atoms with Crippen LogP contribution in [0.5, 0.6) is 23.0 Å². The van der Waals surface area contributed by atoms with Crippen LogP contribution in [0.1, 0.15) is 34.0 Å². The zero-order valence-corrected chi connectivity index (χ0v) is 18.7. The van der Waals surface area contributed by atoms with Crippen molar-refractivity contribution in [1.29, 1.82) is 0 Å². The minimum Gasteiger partial charge on any atom is -0.496 e. The Balaban J connectivity index is 1.43. The van der Waals surface area contributed by atoms with E-state index >= 15 is 0 Å². The molecule has 0 spiro atoms. The van der Waals surface area contributed by atoms with Gasteiger partial charge in [-0.25, -0.2) is 0 Å². The lowest BCUT2D eigenvalue weighted by Gasteiger charge is -2.30. The van der Waals surface area contributed by atoms with Gasteiger partial charge in [-0.2, -0.15) is 0 Å². The second-order valence-corrected chi connectivity index (χ2v) is 7.90. The molecule has 0 atom stereocenters. The predicted molar refractivity (Wildman–Crippen MR) is 125 cm³/mol. The largest absolute Gasteiger partial charge is 0.496 e. The van der Waals surface area contributed by atoms with E-state index in [2.05, 4.69) is 4.90 Å². The second kappa shape index (κ2) is 9.00. The van der Waals surface area contributed by atoms with Gasteiger partial charge in [0.25, 0.3) is 0 Å². The van der Waals surface area contributed by atoms with Gasteiger partial charge in [-0.15, -0.1) is 0 Å². The summed E-state index contributed by atoms with van der Waals surface area (Å²) >= 11 is 0. The van der Waals surface area contributed by atoms with Crippen molar-refractivity contribution in [3.8, 4) is 23.0 Å². The van der Waals surface area contributed by atoms with Crippen LogP contribution in [-0.2, 0) is 13.1 Å².